The average molecular weight is 748 g/mol. The molecule has 2 heterocycles. The van der Waals surface area contributed by atoms with Crippen molar-refractivity contribution in [1.82, 2.24) is 36.2 Å². The summed E-state index contributed by atoms with van der Waals surface area (Å²) >= 11 is 0. The van der Waals surface area contributed by atoms with Crippen molar-refractivity contribution in [3.05, 3.63) is 88.6 Å². The van der Waals surface area contributed by atoms with Crippen molar-refractivity contribution in [1.29, 1.82) is 0 Å². The molecule has 4 aromatic rings. The Labute approximate surface area is 305 Å². The van der Waals surface area contributed by atoms with Gasteiger partial charge in [-0.3, -0.25) is 43.7 Å². The molecule has 4 rings (SSSR count). The number of carbonyl (C=O) groups is 7. The van der Waals surface area contributed by atoms with E-state index in [-0.39, 0.29) is 24.2 Å². The fraction of sp³-hybridized carbons (Fsp3) is 0.294. The number of aromatic amines is 2. The minimum atomic E-state index is -1.70. The largest absolute Gasteiger partial charge is 0.481 e. The van der Waals surface area contributed by atoms with Gasteiger partial charge < -0.3 is 46.8 Å². The van der Waals surface area contributed by atoms with Crippen LogP contribution in [0, 0.1) is 10.1 Å². The number of carboxylic acids is 2. The molecule has 0 radical (unpaired) electrons. The molecule has 20 nitrogen and oxygen atoms in total. The molecule has 0 aliphatic rings. The van der Waals surface area contributed by atoms with Gasteiger partial charge in [0, 0.05) is 73.0 Å². The van der Waals surface area contributed by atoms with Crippen molar-refractivity contribution in [2.45, 2.75) is 63.2 Å². The van der Waals surface area contributed by atoms with Crippen molar-refractivity contribution in [2.75, 3.05) is 5.32 Å². The molecular weight excluding hydrogens is 710 g/mol. The summed E-state index contributed by atoms with van der Waals surface area (Å²) in [6, 6.07) is 5.93. The standard InChI is InChI=1S/C34H37N9O11/c1-18(44)38-26(12-19-15-36-24-5-3-2-4-23(19)24)33(51)40-25(10-11-29(45)46)31(49)41-27(13-21-16-35-17-37-21)34(52)42-28(14-30(47)48)32(50)39-20-6-8-22(9-7-20)43(53)54/h2-9,15-17,25-28,36H,10-14H2,1H3,(H,35,37)(H,38,44)(H,39,50)(H,40,51)(H,41,49)(H,42,52)(H,45,46)(H,47,48). The third-order valence-electron chi connectivity index (χ3n) is 8.04. The first-order chi connectivity index (χ1) is 25.7. The Morgan fingerprint density at radius 2 is 1.41 bits per heavy atom. The molecule has 0 saturated carbocycles. The zero-order valence-electron chi connectivity index (χ0n) is 28.7. The van der Waals surface area contributed by atoms with Gasteiger partial charge in [0.25, 0.3) is 5.69 Å². The van der Waals surface area contributed by atoms with Crippen LogP contribution in [0.1, 0.15) is 37.4 Å². The highest BCUT2D eigenvalue weighted by Gasteiger charge is 2.33. The maximum absolute atomic E-state index is 13.7. The van der Waals surface area contributed by atoms with Crippen LogP contribution in [0.25, 0.3) is 10.9 Å². The van der Waals surface area contributed by atoms with Gasteiger partial charge in [0.05, 0.1) is 17.7 Å². The molecule has 2 aromatic heterocycles. The van der Waals surface area contributed by atoms with Crippen molar-refractivity contribution >= 4 is 63.8 Å². The quantitative estimate of drug-likeness (QED) is 0.0469. The van der Waals surface area contributed by atoms with Gasteiger partial charge in [-0.15, -0.1) is 0 Å². The number of non-ortho nitro benzene ring substituents is 1. The molecule has 5 amide bonds. The molecule has 0 aliphatic carbocycles. The summed E-state index contributed by atoms with van der Waals surface area (Å²) in [6.45, 7) is 1.20. The van der Waals surface area contributed by atoms with E-state index in [1.807, 2.05) is 18.2 Å². The molecule has 0 bridgehead atoms. The number of fused-ring (bicyclic) bond motifs is 1. The number of imidazole rings is 1. The third-order valence-corrected chi connectivity index (χ3v) is 8.04. The van der Waals surface area contributed by atoms with Crippen molar-refractivity contribution in [2.24, 2.45) is 0 Å². The summed E-state index contributed by atoms with van der Waals surface area (Å²) in [4.78, 5) is 109. The number of nitrogens with one attached hydrogen (secondary N) is 7. The van der Waals surface area contributed by atoms with Gasteiger partial charge in [-0.05, 0) is 30.2 Å². The number of benzene rings is 2. The lowest BCUT2D eigenvalue weighted by Crippen LogP contribution is -2.58. The van der Waals surface area contributed by atoms with Crippen molar-refractivity contribution in [3.8, 4) is 0 Å². The van der Waals surface area contributed by atoms with Gasteiger partial charge in [-0.1, -0.05) is 18.2 Å². The number of carboxylic acid groups (broad SMARTS) is 2. The van der Waals surface area contributed by atoms with E-state index >= 15 is 0 Å². The van der Waals surface area contributed by atoms with Crippen LogP contribution in [0.2, 0.25) is 0 Å². The second-order valence-electron chi connectivity index (χ2n) is 12.1. The fourth-order valence-corrected chi connectivity index (χ4v) is 5.43. The van der Waals surface area contributed by atoms with E-state index in [1.165, 1.54) is 31.6 Å². The van der Waals surface area contributed by atoms with Gasteiger partial charge in [0.1, 0.15) is 24.2 Å². The monoisotopic (exact) mass is 747 g/mol. The van der Waals surface area contributed by atoms with Gasteiger partial charge in [0.2, 0.25) is 29.5 Å². The van der Waals surface area contributed by atoms with Gasteiger partial charge in [0.15, 0.2) is 0 Å². The Bertz CT molecular complexity index is 2010. The maximum Gasteiger partial charge on any atom is 0.305 e. The van der Waals surface area contributed by atoms with Crippen LogP contribution in [0.15, 0.2) is 67.3 Å². The highest BCUT2D eigenvalue weighted by Crippen LogP contribution is 2.20. The molecule has 20 heteroatoms. The molecule has 0 aliphatic heterocycles. The zero-order valence-corrected chi connectivity index (χ0v) is 28.7. The van der Waals surface area contributed by atoms with Crippen LogP contribution in [-0.4, -0.2) is 95.7 Å². The second kappa shape index (κ2) is 18.4. The average Bonchev–Trinajstić information content (AvgIpc) is 3.79. The lowest BCUT2D eigenvalue weighted by molar-refractivity contribution is -0.384. The molecule has 54 heavy (non-hydrogen) atoms. The minimum absolute atomic E-state index is 0.000451. The molecule has 0 fully saturated rings. The minimum Gasteiger partial charge on any atom is -0.481 e. The number of nitrogens with zero attached hydrogens (tertiary/aromatic N) is 2. The number of carbonyl (C=O) groups excluding carboxylic acids is 5. The lowest BCUT2D eigenvalue weighted by Gasteiger charge is -2.26. The number of amides is 5. The van der Waals surface area contributed by atoms with E-state index in [0.29, 0.717) is 11.3 Å². The molecule has 4 atom stereocenters. The third kappa shape index (κ3) is 11.4. The van der Waals surface area contributed by atoms with Crippen LogP contribution in [0.3, 0.4) is 0 Å². The van der Waals surface area contributed by atoms with E-state index in [1.54, 1.807) is 12.3 Å². The number of nitro benzene ring substituents is 1. The van der Waals surface area contributed by atoms with Crippen LogP contribution >= 0.6 is 0 Å². The molecule has 0 saturated heterocycles. The summed E-state index contributed by atoms with van der Waals surface area (Å²) in [7, 11) is 0. The predicted molar refractivity (Wildman–Crippen MR) is 189 cm³/mol. The zero-order chi connectivity index (χ0) is 39.4. The van der Waals surface area contributed by atoms with Gasteiger partial charge in [-0.2, -0.15) is 0 Å². The summed E-state index contributed by atoms with van der Waals surface area (Å²) in [6.07, 6.45) is 2.14. The first-order valence-corrected chi connectivity index (χ1v) is 16.4. The molecule has 9 N–H and O–H groups in total. The first kappa shape index (κ1) is 39.7. The van der Waals surface area contributed by atoms with E-state index in [9.17, 15) is 53.9 Å². The summed E-state index contributed by atoms with van der Waals surface area (Å²) < 4.78 is 0. The van der Waals surface area contributed by atoms with Gasteiger partial charge in [-0.25, -0.2) is 4.98 Å². The number of aromatic nitrogens is 3. The SMILES string of the molecule is CC(=O)NC(Cc1c[nH]c2ccccc12)C(=O)NC(CCC(=O)O)C(=O)NC(Cc1cnc[nH]1)C(=O)NC(CC(=O)O)C(=O)Nc1ccc([N+](=O)[O-])cc1. The van der Waals surface area contributed by atoms with Crippen LogP contribution in [0.4, 0.5) is 11.4 Å². The summed E-state index contributed by atoms with van der Waals surface area (Å²) in [5, 5.41) is 42.8. The molecule has 284 valence electrons. The predicted octanol–water partition coefficient (Wildman–Crippen LogP) is 0.522. The fourth-order valence-electron chi connectivity index (χ4n) is 5.43. The lowest BCUT2D eigenvalue weighted by atomic mass is 10.0. The number of hydrogen-bond acceptors (Lipinski definition) is 10. The Morgan fingerprint density at radius 1 is 0.778 bits per heavy atom. The highest BCUT2D eigenvalue weighted by molar-refractivity contribution is 6.01. The Balaban J connectivity index is 1.54. The smallest absolute Gasteiger partial charge is 0.305 e. The van der Waals surface area contributed by atoms with E-state index in [2.05, 4.69) is 41.5 Å². The number of H-pyrrole nitrogens is 2. The number of nitro groups is 1. The van der Waals surface area contributed by atoms with Crippen LogP contribution in [-0.2, 0) is 46.4 Å². The van der Waals surface area contributed by atoms with Crippen molar-refractivity contribution < 1.29 is 48.7 Å². The number of anilines is 1. The van der Waals surface area contributed by atoms with Crippen molar-refractivity contribution in [3.63, 3.8) is 0 Å². The van der Waals surface area contributed by atoms with E-state index in [0.717, 1.165) is 23.0 Å². The normalized spacial score (nSPS) is 13.1. The molecule has 2 aromatic carbocycles. The van der Waals surface area contributed by atoms with Crippen LogP contribution in [0.5, 0.6) is 0 Å². The maximum atomic E-state index is 13.7. The number of hydrogen-bond donors (Lipinski definition) is 9. The molecule has 0 spiro atoms. The van der Waals surface area contributed by atoms with E-state index in [4.69, 9.17) is 0 Å². The van der Waals surface area contributed by atoms with Gasteiger partial charge >= 0.3 is 11.9 Å². The summed E-state index contributed by atoms with van der Waals surface area (Å²) in [5.41, 5.74) is 1.59. The first-order valence-electron chi connectivity index (χ1n) is 16.4. The Kier molecular flexibility index (Phi) is 13.5. The number of aliphatic carboxylic acids is 2. The topological polar surface area (TPSA) is 308 Å². The Morgan fingerprint density at radius 3 is 2.02 bits per heavy atom. The molecule has 4 unspecified atom stereocenters. The van der Waals surface area contributed by atoms with E-state index < -0.39 is 89.8 Å². The Hall–Kier alpha value is -7.12. The van der Waals surface area contributed by atoms with Crippen LogP contribution < -0.4 is 26.6 Å². The summed E-state index contributed by atoms with van der Waals surface area (Å²) in [5.74, 6) is -7.14. The molecular formula is C34H37N9O11. The number of rotatable bonds is 19. The number of para-hydroxylation sites is 1. The highest BCUT2D eigenvalue weighted by atomic mass is 16.6. The second-order valence-corrected chi connectivity index (χ2v) is 12.1.